The van der Waals surface area contributed by atoms with Gasteiger partial charge in [0.05, 0.1) is 18.3 Å². The Hall–Kier alpha value is -1.60. The Morgan fingerprint density at radius 1 is 1.17 bits per heavy atom. The molecule has 2 aliphatic rings. The lowest BCUT2D eigenvalue weighted by molar-refractivity contribution is 0.170. The topological polar surface area (TPSA) is 45.6 Å². The van der Waals surface area contributed by atoms with Crippen LogP contribution in [0, 0.1) is 0 Å². The fourth-order valence-corrected chi connectivity index (χ4v) is 4.42. The molecule has 166 valence electrons. The molecule has 30 heavy (non-hydrogen) atoms. The number of nitrogens with one attached hydrogen (secondary N) is 1. The molecule has 7 heteroatoms. The number of benzene rings is 1. The molecule has 3 heterocycles. The minimum absolute atomic E-state index is 0. The molecule has 0 saturated carbocycles. The molecule has 0 amide bonds. The molecule has 1 unspecified atom stereocenters. The van der Waals surface area contributed by atoms with Crippen molar-refractivity contribution in [2.75, 3.05) is 46.4 Å². The number of halogens is 1. The molecule has 2 fully saturated rings. The fraction of sp³-hybridized carbons (Fsp3) is 0.609. The number of aromatic nitrogens is 2. The number of hydrogen-bond acceptors (Lipinski definition) is 5. The van der Waals surface area contributed by atoms with Gasteiger partial charge in [-0.2, -0.15) is 5.10 Å². The maximum Gasteiger partial charge on any atom is 0.119 e. The van der Waals surface area contributed by atoms with Gasteiger partial charge in [-0.05, 0) is 39.3 Å². The van der Waals surface area contributed by atoms with E-state index in [-0.39, 0.29) is 17.9 Å². The van der Waals surface area contributed by atoms with Crippen LogP contribution in [0.1, 0.15) is 32.8 Å². The van der Waals surface area contributed by atoms with Crippen LogP contribution in [0.5, 0.6) is 5.75 Å². The van der Waals surface area contributed by atoms with Crippen molar-refractivity contribution in [3.63, 3.8) is 0 Å². The SMILES string of the molecule is COc1cccc(-c2nn(C(C)(C)C)cc2CN2CCC(N3CCNCC3)C2)c1.Cl. The van der Waals surface area contributed by atoms with E-state index in [1.54, 1.807) is 7.11 Å². The highest BCUT2D eigenvalue weighted by molar-refractivity contribution is 5.85. The van der Waals surface area contributed by atoms with Crippen LogP contribution in [0.4, 0.5) is 0 Å². The van der Waals surface area contributed by atoms with E-state index in [4.69, 9.17) is 9.84 Å². The first-order chi connectivity index (χ1) is 13.9. The van der Waals surface area contributed by atoms with Crippen molar-refractivity contribution in [3.05, 3.63) is 36.0 Å². The van der Waals surface area contributed by atoms with E-state index in [1.807, 2.05) is 12.1 Å². The van der Waals surface area contributed by atoms with Crippen molar-refractivity contribution in [1.29, 1.82) is 0 Å². The molecule has 1 aromatic heterocycles. The molecular weight excluding hydrogens is 398 g/mol. The number of rotatable bonds is 5. The Labute approximate surface area is 187 Å². The summed E-state index contributed by atoms with van der Waals surface area (Å²) in [6.07, 6.45) is 3.51. The predicted molar refractivity (Wildman–Crippen MR) is 125 cm³/mol. The normalized spacial score (nSPS) is 20.9. The van der Waals surface area contributed by atoms with Gasteiger partial charge in [0, 0.05) is 69.2 Å². The number of nitrogens with zero attached hydrogens (tertiary/aromatic N) is 4. The summed E-state index contributed by atoms with van der Waals surface area (Å²) in [5.41, 5.74) is 3.46. The number of likely N-dealkylation sites (tertiary alicyclic amines) is 1. The molecule has 2 saturated heterocycles. The third-order valence-electron chi connectivity index (χ3n) is 6.13. The van der Waals surface area contributed by atoms with Crippen LogP contribution in [-0.2, 0) is 12.1 Å². The van der Waals surface area contributed by atoms with Gasteiger partial charge in [-0.3, -0.25) is 14.5 Å². The maximum absolute atomic E-state index is 5.45. The summed E-state index contributed by atoms with van der Waals surface area (Å²) in [4.78, 5) is 5.26. The third kappa shape index (κ3) is 5.17. The zero-order chi connectivity index (χ0) is 20.4. The zero-order valence-corrected chi connectivity index (χ0v) is 19.5. The van der Waals surface area contributed by atoms with Crippen molar-refractivity contribution in [3.8, 4) is 17.0 Å². The van der Waals surface area contributed by atoms with Gasteiger partial charge in [-0.25, -0.2) is 0 Å². The second-order valence-electron chi connectivity index (χ2n) is 9.31. The van der Waals surface area contributed by atoms with Crippen molar-refractivity contribution in [2.24, 2.45) is 0 Å². The first kappa shape index (κ1) is 23.1. The minimum Gasteiger partial charge on any atom is -0.497 e. The molecule has 0 bridgehead atoms. The Balaban J connectivity index is 0.00000256. The van der Waals surface area contributed by atoms with Crippen LogP contribution in [-0.4, -0.2) is 72.0 Å². The molecule has 0 radical (unpaired) electrons. The van der Waals surface area contributed by atoms with E-state index in [0.717, 1.165) is 49.7 Å². The van der Waals surface area contributed by atoms with E-state index in [9.17, 15) is 0 Å². The van der Waals surface area contributed by atoms with Gasteiger partial charge in [0.1, 0.15) is 5.75 Å². The van der Waals surface area contributed by atoms with E-state index < -0.39 is 0 Å². The van der Waals surface area contributed by atoms with E-state index in [1.165, 1.54) is 25.1 Å². The van der Waals surface area contributed by atoms with Gasteiger partial charge in [-0.1, -0.05) is 12.1 Å². The molecule has 1 atom stereocenters. The van der Waals surface area contributed by atoms with Gasteiger partial charge < -0.3 is 10.1 Å². The number of methoxy groups -OCH3 is 1. The van der Waals surface area contributed by atoms with Gasteiger partial charge >= 0.3 is 0 Å². The fourth-order valence-electron chi connectivity index (χ4n) is 4.42. The largest absolute Gasteiger partial charge is 0.497 e. The van der Waals surface area contributed by atoms with Crippen molar-refractivity contribution >= 4 is 12.4 Å². The van der Waals surface area contributed by atoms with Gasteiger partial charge in [0.25, 0.3) is 0 Å². The Morgan fingerprint density at radius 3 is 2.63 bits per heavy atom. The predicted octanol–water partition coefficient (Wildman–Crippen LogP) is 3.22. The van der Waals surface area contributed by atoms with Gasteiger partial charge in [0.2, 0.25) is 0 Å². The molecule has 4 rings (SSSR count). The highest BCUT2D eigenvalue weighted by Gasteiger charge is 2.29. The first-order valence-electron chi connectivity index (χ1n) is 10.8. The minimum atomic E-state index is -0.0415. The lowest BCUT2D eigenvalue weighted by Crippen LogP contribution is -2.49. The van der Waals surface area contributed by atoms with E-state index in [0.29, 0.717) is 6.04 Å². The van der Waals surface area contributed by atoms with Crippen LogP contribution in [0.25, 0.3) is 11.3 Å². The molecule has 1 N–H and O–H groups in total. The van der Waals surface area contributed by atoms with Crippen LogP contribution < -0.4 is 10.1 Å². The number of piperazine rings is 1. The summed E-state index contributed by atoms with van der Waals surface area (Å²) in [5.74, 6) is 0.874. The van der Waals surface area contributed by atoms with Crippen LogP contribution in [0.15, 0.2) is 30.5 Å². The second-order valence-corrected chi connectivity index (χ2v) is 9.31. The molecule has 0 spiro atoms. The molecule has 6 nitrogen and oxygen atoms in total. The quantitative estimate of drug-likeness (QED) is 0.784. The second kappa shape index (κ2) is 9.69. The molecule has 1 aromatic carbocycles. The smallest absolute Gasteiger partial charge is 0.119 e. The Kier molecular flexibility index (Phi) is 7.45. The first-order valence-corrected chi connectivity index (χ1v) is 10.8. The average Bonchev–Trinajstić information content (AvgIpc) is 3.36. The Morgan fingerprint density at radius 2 is 1.93 bits per heavy atom. The van der Waals surface area contributed by atoms with Crippen molar-refractivity contribution in [2.45, 2.75) is 45.3 Å². The zero-order valence-electron chi connectivity index (χ0n) is 18.7. The van der Waals surface area contributed by atoms with Crippen molar-refractivity contribution in [1.82, 2.24) is 24.9 Å². The van der Waals surface area contributed by atoms with E-state index in [2.05, 4.69) is 58.9 Å². The summed E-state index contributed by atoms with van der Waals surface area (Å²) < 4.78 is 7.56. The van der Waals surface area contributed by atoms with Crippen LogP contribution >= 0.6 is 12.4 Å². The molecule has 2 aliphatic heterocycles. The summed E-state index contributed by atoms with van der Waals surface area (Å²) in [6.45, 7) is 14.5. The molecule has 2 aromatic rings. The maximum atomic E-state index is 5.45. The van der Waals surface area contributed by atoms with Crippen LogP contribution in [0.3, 0.4) is 0 Å². The summed E-state index contributed by atoms with van der Waals surface area (Å²) in [6, 6.07) is 8.95. The summed E-state index contributed by atoms with van der Waals surface area (Å²) in [5, 5.41) is 8.46. The molecule has 0 aliphatic carbocycles. The average molecular weight is 434 g/mol. The lowest BCUT2D eigenvalue weighted by Gasteiger charge is -2.32. The summed E-state index contributed by atoms with van der Waals surface area (Å²) in [7, 11) is 1.72. The summed E-state index contributed by atoms with van der Waals surface area (Å²) >= 11 is 0. The van der Waals surface area contributed by atoms with Crippen LogP contribution in [0.2, 0.25) is 0 Å². The number of ether oxygens (including phenoxy) is 1. The van der Waals surface area contributed by atoms with Gasteiger partial charge in [-0.15, -0.1) is 12.4 Å². The highest BCUT2D eigenvalue weighted by atomic mass is 35.5. The highest BCUT2D eigenvalue weighted by Crippen LogP contribution is 2.30. The lowest BCUT2D eigenvalue weighted by atomic mass is 10.1. The third-order valence-corrected chi connectivity index (χ3v) is 6.13. The van der Waals surface area contributed by atoms with E-state index >= 15 is 0 Å². The van der Waals surface area contributed by atoms with Gasteiger partial charge in [0.15, 0.2) is 0 Å². The Bertz CT molecular complexity index is 825. The van der Waals surface area contributed by atoms with Crippen molar-refractivity contribution < 1.29 is 4.74 Å². The monoisotopic (exact) mass is 433 g/mol. The number of hydrogen-bond donors (Lipinski definition) is 1. The standard InChI is InChI=1S/C23H35N5O.ClH/c1-23(2,3)28-16-19(22(25-28)18-6-5-7-21(14-18)29-4)15-26-11-8-20(17-26)27-12-9-24-10-13-27;/h5-7,14,16,20,24H,8-13,15,17H2,1-4H3;1H. The molecular formula is C23H36ClN5O.